The Kier molecular flexibility index (Phi) is 5.66. The summed E-state index contributed by atoms with van der Waals surface area (Å²) in [7, 11) is 1.33. The van der Waals surface area contributed by atoms with Crippen LogP contribution in [-0.4, -0.2) is 33.9 Å². The normalized spacial score (nSPS) is 12.2. The fraction of sp³-hybridized carbons (Fsp3) is 0.222. The molecule has 0 saturated carbocycles. The van der Waals surface area contributed by atoms with Crippen molar-refractivity contribution in [2.24, 2.45) is 5.16 Å². The second-order valence-corrected chi connectivity index (χ2v) is 5.96. The topological polar surface area (TPSA) is 91.8 Å². The monoisotopic (exact) mass is 408 g/mol. The fourth-order valence-electron chi connectivity index (χ4n) is 2.65. The minimum atomic E-state index is -4.47. The number of benzene rings is 2. The minimum absolute atomic E-state index is 0.0368. The molecule has 0 radical (unpaired) electrons. The van der Waals surface area contributed by atoms with E-state index in [2.05, 4.69) is 10.1 Å². The molecule has 0 aliphatic rings. The number of alkyl halides is 3. The molecule has 0 bridgehead atoms. The first-order chi connectivity index (χ1) is 13.8. The Morgan fingerprint density at radius 3 is 2.76 bits per heavy atom. The van der Waals surface area contributed by atoms with Crippen LogP contribution in [-0.2, 0) is 17.6 Å². The maximum absolute atomic E-state index is 12.8. The van der Waals surface area contributed by atoms with Gasteiger partial charge in [0.05, 0.1) is 34.4 Å². The number of nitro groups is 1. The Morgan fingerprint density at radius 2 is 2.07 bits per heavy atom. The zero-order valence-corrected chi connectivity index (χ0v) is 15.1. The van der Waals surface area contributed by atoms with Crippen molar-refractivity contribution in [3.05, 3.63) is 64.5 Å². The zero-order valence-electron chi connectivity index (χ0n) is 15.1. The third-order valence-corrected chi connectivity index (χ3v) is 3.96. The number of halogens is 3. The first-order valence-corrected chi connectivity index (χ1v) is 8.26. The van der Waals surface area contributed by atoms with E-state index < -0.39 is 16.7 Å². The van der Waals surface area contributed by atoms with E-state index in [-0.39, 0.29) is 24.6 Å². The molecule has 0 spiro atoms. The molecule has 1 heterocycles. The largest absolute Gasteiger partial charge is 0.487 e. The van der Waals surface area contributed by atoms with Crippen molar-refractivity contribution in [2.45, 2.75) is 12.7 Å². The van der Waals surface area contributed by atoms with Gasteiger partial charge in [0.2, 0.25) is 0 Å². The Morgan fingerprint density at radius 1 is 1.28 bits per heavy atom. The third-order valence-electron chi connectivity index (χ3n) is 3.96. The Hall–Kier alpha value is -3.63. The molecule has 0 atom stereocenters. The predicted octanol–water partition coefficient (Wildman–Crippen LogP) is 4.04. The number of imidazole rings is 1. The van der Waals surface area contributed by atoms with Crippen LogP contribution in [0.2, 0.25) is 0 Å². The van der Waals surface area contributed by atoms with Gasteiger partial charge in [0.1, 0.15) is 25.2 Å². The van der Waals surface area contributed by atoms with Crippen molar-refractivity contribution in [1.82, 2.24) is 9.55 Å². The maximum Gasteiger partial charge on any atom is 0.416 e. The second kappa shape index (κ2) is 8.17. The number of fused-ring (bicyclic) bond motifs is 1. The Balaban J connectivity index is 1.75. The average molecular weight is 408 g/mol. The first-order valence-electron chi connectivity index (χ1n) is 8.26. The third kappa shape index (κ3) is 4.81. The van der Waals surface area contributed by atoms with E-state index in [9.17, 15) is 23.3 Å². The van der Waals surface area contributed by atoms with Gasteiger partial charge < -0.3 is 14.1 Å². The summed E-state index contributed by atoms with van der Waals surface area (Å²) in [5.74, 6) is 0.0368. The highest BCUT2D eigenvalue weighted by molar-refractivity contribution is 5.87. The van der Waals surface area contributed by atoms with Crippen LogP contribution in [0.1, 0.15) is 5.56 Å². The molecule has 2 aromatic carbocycles. The van der Waals surface area contributed by atoms with Gasteiger partial charge in [-0.2, -0.15) is 13.2 Å². The number of oxime groups is 1. The summed E-state index contributed by atoms with van der Waals surface area (Å²) >= 11 is 0. The smallest absolute Gasteiger partial charge is 0.416 e. The molecular weight excluding hydrogens is 393 g/mol. The Bertz CT molecular complexity index is 1060. The highest BCUT2D eigenvalue weighted by Gasteiger charge is 2.30. The molecule has 8 nitrogen and oxygen atoms in total. The highest BCUT2D eigenvalue weighted by atomic mass is 19.4. The van der Waals surface area contributed by atoms with Crippen molar-refractivity contribution in [3.63, 3.8) is 0 Å². The lowest BCUT2D eigenvalue weighted by molar-refractivity contribution is -0.384. The summed E-state index contributed by atoms with van der Waals surface area (Å²) in [6.45, 7) is 0.0446. The average Bonchev–Trinajstić information content (AvgIpc) is 3.08. The highest BCUT2D eigenvalue weighted by Crippen LogP contribution is 2.31. The molecule has 152 valence electrons. The fourth-order valence-corrected chi connectivity index (χ4v) is 2.65. The van der Waals surface area contributed by atoms with E-state index in [1.807, 2.05) is 0 Å². The SMILES string of the molecule is CO/N=C(/COc1cccc(C(F)(F)F)c1)Cn1cnc2cc([N+](=O)[O-])ccc21. The van der Waals surface area contributed by atoms with Crippen molar-refractivity contribution in [2.75, 3.05) is 13.7 Å². The van der Waals surface area contributed by atoms with Crippen LogP contribution in [0.25, 0.3) is 11.0 Å². The van der Waals surface area contributed by atoms with Gasteiger partial charge in [0, 0.05) is 12.1 Å². The molecule has 11 heteroatoms. The number of nitro benzene ring substituents is 1. The van der Waals surface area contributed by atoms with Crippen LogP contribution in [0, 0.1) is 10.1 Å². The van der Waals surface area contributed by atoms with Gasteiger partial charge in [-0.1, -0.05) is 11.2 Å². The van der Waals surface area contributed by atoms with Gasteiger partial charge >= 0.3 is 6.18 Å². The molecule has 0 N–H and O–H groups in total. The van der Waals surface area contributed by atoms with Crippen LogP contribution in [0.3, 0.4) is 0 Å². The summed E-state index contributed by atoms with van der Waals surface area (Å²) < 4.78 is 45.6. The number of hydrogen-bond donors (Lipinski definition) is 0. The lowest BCUT2D eigenvalue weighted by Crippen LogP contribution is -2.18. The first kappa shape index (κ1) is 20.1. The van der Waals surface area contributed by atoms with Gasteiger partial charge in [-0.3, -0.25) is 10.1 Å². The molecule has 0 aliphatic carbocycles. The minimum Gasteiger partial charge on any atom is -0.487 e. The van der Waals surface area contributed by atoms with Crippen molar-refractivity contribution in [3.8, 4) is 5.75 Å². The second-order valence-electron chi connectivity index (χ2n) is 5.96. The number of hydrogen-bond acceptors (Lipinski definition) is 6. The lowest BCUT2D eigenvalue weighted by atomic mass is 10.2. The molecule has 0 unspecified atom stereocenters. The zero-order chi connectivity index (χ0) is 21.0. The number of aromatic nitrogens is 2. The molecule has 3 rings (SSSR count). The lowest BCUT2D eigenvalue weighted by Gasteiger charge is -2.12. The van der Waals surface area contributed by atoms with Gasteiger partial charge in [0.25, 0.3) is 5.69 Å². The summed E-state index contributed by atoms with van der Waals surface area (Å²) in [6, 6.07) is 8.76. The van der Waals surface area contributed by atoms with E-state index in [1.165, 1.54) is 37.7 Å². The van der Waals surface area contributed by atoms with Gasteiger partial charge in [-0.05, 0) is 24.3 Å². The summed E-state index contributed by atoms with van der Waals surface area (Å²) in [4.78, 5) is 19.3. The van der Waals surface area contributed by atoms with Crippen molar-refractivity contribution < 1.29 is 27.7 Å². The van der Waals surface area contributed by atoms with Gasteiger partial charge in [0.15, 0.2) is 0 Å². The van der Waals surface area contributed by atoms with Crippen LogP contribution >= 0.6 is 0 Å². The van der Waals surface area contributed by atoms with Crippen molar-refractivity contribution in [1.29, 1.82) is 0 Å². The molecule has 29 heavy (non-hydrogen) atoms. The molecule has 3 aromatic rings. The van der Waals surface area contributed by atoms with Gasteiger partial charge in [-0.25, -0.2) is 4.98 Å². The maximum atomic E-state index is 12.8. The quantitative estimate of drug-likeness (QED) is 0.334. The van der Waals surface area contributed by atoms with Crippen LogP contribution < -0.4 is 4.74 Å². The Labute approximate surface area is 162 Å². The number of nitrogens with zero attached hydrogens (tertiary/aromatic N) is 4. The molecule has 0 fully saturated rings. The summed E-state index contributed by atoms with van der Waals surface area (Å²) in [5, 5.41) is 14.7. The van der Waals surface area contributed by atoms with E-state index in [0.29, 0.717) is 16.7 Å². The van der Waals surface area contributed by atoms with E-state index in [0.717, 1.165) is 12.1 Å². The van der Waals surface area contributed by atoms with Crippen LogP contribution in [0.4, 0.5) is 18.9 Å². The molecule has 0 amide bonds. The number of ether oxygens (including phenoxy) is 1. The molecular formula is C18H15F3N4O4. The van der Waals surface area contributed by atoms with E-state index in [4.69, 9.17) is 9.57 Å². The molecule has 1 aromatic heterocycles. The van der Waals surface area contributed by atoms with Crippen molar-refractivity contribution >= 4 is 22.4 Å². The summed E-state index contributed by atoms with van der Waals surface area (Å²) in [5.41, 5.74) is 0.527. The summed E-state index contributed by atoms with van der Waals surface area (Å²) in [6.07, 6.45) is -3.00. The standard InChI is InChI=1S/C18H15F3N4O4/c1-28-23-13(10-29-15-4-2-3-12(7-15)18(19,20)21)9-24-11-22-16-8-14(25(26)27)5-6-17(16)24/h2-8,11H,9-10H2,1H3/b23-13+. The molecule has 0 aliphatic heterocycles. The van der Waals surface area contributed by atoms with E-state index in [1.54, 1.807) is 10.6 Å². The van der Waals surface area contributed by atoms with Crippen LogP contribution in [0.5, 0.6) is 5.75 Å². The predicted molar refractivity (Wildman–Crippen MR) is 97.8 cm³/mol. The van der Waals surface area contributed by atoms with Crippen LogP contribution in [0.15, 0.2) is 53.9 Å². The number of rotatable bonds is 7. The number of non-ortho nitro benzene ring substituents is 1. The molecule has 0 saturated heterocycles. The van der Waals surface area contributed by atoms with Gasteiger partial charge in [-0.15, -0.1) is 0 Å². The van der Waals surface area contributed by atoms with E-state index >= 15 is 0 Å².